The van der Waals surface area contributed by atoms with Gasteiger partial charge in [0.05, 0.1) is 23.6 Å². The molecule has 1 aromatic heterocycles. The van der Waals surface area contributed by atoms with Gasteiger partial charge in [0.2, 0.25) is 5.95 Å². The van der Waals surface area contributed by atoms with Crippen LogP contribution in [0.2, 0.25) is 0 Å². The molecular formula is C29H27F4N5O3S. The van der Waals surface area contributed by atoms with E-state index in [1.54, 1.807) is 18.2 Å². The van der Waals surface area contributed by atoms with Crippen molar-refractivity contribution in [2.45, 2.75) is 67.6 Å². The van der Waals surface area contributed by atoms with E-state index in [1.165, 1.54) is 35.7 Å². The van der Waals surface area contributed by atoms with Crippen LogP contribution in [0.15, 0.2) is 59.8 Å². The predicted molar refractivity (Wildman–Crippen MR) is 146 cm³/mol. The number of carbonyl (C=O) groups is 2. The molecule has 2 aromatic carbocycles. The summed E-state index contributed by atoms with van der Waals surface area (Å²) in [4.78, 5) is 39.0. The smallest absolute Gasteiger partial charge is 0.416 e. The largest absolute Gasteiger partial charge is 0.612 e. The van der Waals surface area contributed by atoms with Gasteiger partial charge in [-0.2, -0.15) is 13.2 Å². The first kappa shape index (κ1) is 28.4. The lowest BCUT2D eigenvalue weighted by Crippen LogP contribution is -2.41. The number of rotatable bonds is 8. The Balaban J connectivity index is 1.19. The number of hydrogen-bond donors (Lipinski definition) is 1. The van der Waals surface area contributed by atoms with E-state index in [-0.39, 0.29) is 31.1 Å². The second-order valence-electron chi connectivity index (χ2n) is 10.9. The quantitative estimate of drug-likeness (QED) is 0.291. The average Bonchev–Trinajstić information content (AvgIpc) is 3.89. The molecule has 2 amide bonds. The van der Waals surface area contributed by atoms with E-state index in [2.05, 4.69) is 15.3 Å². The standard InChI is InChI=1S/C29H27F4N5O3S/c1-42(41)22-8-9-23-18(12-22)16-38(26(40)28(30)10-11-28)24(23)25(39)36-20-13-34-27(35-14-20)37(21-6-7-21)15-17-2-4-19(5-3-17)29(31,32)33/h2-5,8-9,12-14,21,24H,6-7,10-11,15-16H2,1H3,(H,36,39). The molecule has 3 aliphatic rings. The molecule has 2 fully saturated rings. The van der Waals surface area contributed by atoms with Crippen molar-refractivity contribution in [2.24, 2.45) is 0 Å². The van der Waals surface area contributed by atoms with Crippen LogP contribution in [-0.4, -0.2) is 49.2 Å². The van der Waals surface area contributed by atoms with Gasteiger partial charge in [0.25, 0.3) is 11.8 Å². The number of benzene rings is 2. The lowest BCUT2D eigenvalue weighted by Gasteiger charge is -2.26. The summed E-state index contributed by atoms with van der Waals surface area (Å²) in [5.74, 6) is -0.934. The molecule has 13 heteroatoms. The van der Waals surface area contributed by atoms with Crippen molar-refractivity contribution >= 4 is 34.6 Å². The highest BCUT2D eigenvalue weighted by molar-refractivity contribution is 7.90. The van der Waals surface area contributed by atoms with Gasteiger partial charge in [-0.15, -0.1) is 0 Å². The molecule has 1 N–H and O–H groups in total. The molecule has 42 heavy (non-hydrogen) atoms. The van der Waals surface area contributed by atoms with Crippen molar-refractivity contribution in [1.82, 2.24) is 14.9 Å². The molecule has 2 saturated carbocycles. The monoisotopic (exact) mass is 601 g/mol. The van der Waals surface area contributed by atoms with Crippen LogP contribution < -0.4 is 10.2 Å². The van der Waals surface area contributed by atoms with Crippen LogP contribution in [0.1, 0.15) is 54.0 Å². The van der Waals surface area contributed by atoms with Gasteiger partial charge in [-0.25, -0.2) is 14.4 Å². The van der Waals surface area contributed by atoms with Crippen molar-refractivity contribution in [2.75, 3.05) is 16.5 Å². The minimum atomic E-state index is -4.41. The Bertz CT molecular complexity index is 1510. The molecule has 1 aliphatic heterocycles. The topological polar surface area (TPSA) is 101 Å². The zero-order valence-corrected chi connectivity index (χ0v) is 23.3. The molecule has 220 valence electrons. The lowest BCUT2D eigenvalue weighted by molar-refractivity contribution is -0.144. The molecule has 0 radical (unpaired) electrons. The molecule has 2 heterocycles. The van der Waals surface area contributed by atoms with Gasteiger partial charge in [0.15, 0.2) is 10.6 Å². The molecule has 2 aliphatic carbocycles. The third-order valence-electron chi connectivity index (χ3n) is 7.76. The Labute approximate surface area is 242 Å². The first-order chi connectivity index (χ1) is 19.9. The summed E-state index contributed by atoms with van der Waals surface area (Å²) in [7, 11) is 0. The van der Waals surface area contributed by atoms with Crippen LogP contribution in [0.25, 0.3) is 0 Å². The summed E-state index contributed by atoms with van der Waals surface area (Å²) in [6.07, 6.45) is 1.98. The molecule has 2 atom stereocenters. The number of anilines is 2. The number of hydrogen-bond acceptors (Lipinski definition) is 6. The van der Waals surface area contributed by atoms with Crippen LogP contribution in [0.3, 0.4) is 0 Å². The van der Waals surface area contributed by atoms with Gasteiger partial charge in [-0.1, -0.05) is 18.2 Å². The molecular weight excluding hydrogens is 574 g/mol. The highest BCUT2D eigenvalue weighted by Gasteiger charge is 2.56. The number of aromatic nitrogens is 2. The van der Waals surface area contributed by atoms with Gasteiger partial charge >= 0.3 is 6.18 Å². The molecule has 0 bridgehead atoms. The van der Waals surface area contributed by atoms with Crippen LogP contribution in [-0.2, 0) is 40.0 Å². The summed E-state index contributed by atoms with van der Waals surface area (Å²) in [5, 5.41) is 2.73. The van der Waals surface area contributed by atoms with Gasteiger partial charge in [0.1, 0.15) is 12.3 Å². The fourth-order valence-corrected chi connectivity index (χ4v) is 5.72. The van der Waals surface area contributed by atoms with Crippen molar-refractivity contribution in [3.05, 3.63) is 77.1 Å². The minimum absolute atomic E-state index is 0.0265. The summed E-state index contributed by atoms with van der Waals surface area (Å²) >= 11 is -1.27. The average molecular weight is 602 g/mol. The molecule has 8 nitrogen and oxygen atoms in total. The number of carbonyl (C=O) groups excluding carboxylic acids is 2. The van der Waals surface area contributed by atoms with E-state index in [0.29, 0.717) is 34.1 Å². The zero-order chi connectivity index (χ0) is 29.8. The minimum Gasteiger partial charge on any atom is -0.612 e. The number of alkyl halides is 4. The van der Waals surface area contributed by atoms with Crippen LogP contribution in [0.4, 0.5) is 29.2 Å². The molecule has 0 spiro atoms. The molecule has 0 saturated heterocycles. The van der Waals surface area contributed by atoms with E-state index < -0.39 is 46.4 Å². The highest BCUT2D eigenvalue weighted by atomic mass is 32.2. The number of nitrogens with one attached hydrogen (secondary N) is 1. The summed E-state index contributed by atoms with van der Waals surface area (Å²) < 4.78 is 65.6. The maximum Gasteiger partial charge on any atom is 0.416 e. The van der Waals surface area contributed by atoms with Gasteiger partial charge in [-0.05, 0) is 77.8 Å². The first-order valence-corrected chi connectivity index (χ1v) is 15.0. The van der Waals surface area contributed by atoms with Crippen LogP contribution >= 0.6 is 0 Å². The number of fused-ring (bicyclic) bond motifs is 1. The van der Waals surface area contributed by atoms with E-state index in [9.17, 15) is 31.7 Å². The lowest BCUT2D eigenvalue weighted by atomic mass is 10.0. The van der Waals surface area contributed by atoms with Gasteiger partial charge in [-0.3, -0.25) is 9.59 Å². The van der Waals surface area contributed by atoms with E-state index >= 15 is 0 Å². The first-order valence-electron chi connectivity index (χ1n) is 13.4. The van der Waals surface area contributed by atoms with E-state index in [0.717, 1.165) is 25.0 Å². The Morgan fingerprint density at radius 2 is 1.79 bits per heavy atom. The van der Waals surface area contributed by atoms with Gasteiger partial charge in [0, 0.05) is 19.1 Å². The normalized spacial score (nSPS) is 19.7. The Morgan fingerprint density at radius 1 is 1.12 bits per heavy atom. The second-order valence-corrected chi connectivity index (χ2v) is 12.3. The second kappa shape index (κ2) is 10.5. The summed E-state index contributed by atoms with van der Waals surface area (Å²) in [6, 6.07) is 8.99. The Kier molecular flexibility index (Phi) is 7.12. The van der Waals surface area contributed by atoms with Crippen molar-refractivity contribution in [1.29, 1.82) is 0 Å². The zero-order valence-electron chi connectivity index (χ0n) is 22.5. The van der Waals surface area contributed by atoms with Crippen LogP contribution in [0, 0.1) is 0 Å². The maximum absolute atomic E-state index is 14.8. The molecule has 6 rings (SSSR count). The third-order valence-corrected chi connectivity index (χ3v) is 8.68. The Hall–Kier alpha value is -3.71. The highest BCUT2D eigenvalue weighted by Crippen LogP contribution is 2.46. The van der Waals surface area contributed by atoms with Crippen molar-refractivity contribution in [3.63, 3.8) is 0 Å². The SMILES string of the molecule is C[S+]([O-])c1ccc2c(c1)CN(C(=O)C1(F)CC1)C2C(=O)Nc1cnc(N(Cc2ccc(C(F)(F)F)cc2)C2CC2)nc1. The number of amides is 2. The third kappa shape index (κ3) is 5.67. The van der Waals surface area contributed by atoms with Crippen molar-refractivity contribution in [3.8, 4) is 0 Å². The molecule has 3 aromatic rings. The summed E-state index contributed by atoms with van der Waals surface area (Å²) in [6.45, 7) is 0.346. The van der Waals surface area contributed by atoms with Crippen LogP contribution in [0.5, 0.6) is 0 Å². The summed E-state index contributed by atoms with van der Waals surface area (Å²) in [5.41, 5.74) is -0.574. The Morgan fingerprint density at radius 3 is 2.36 bits per heavy atom. The molecule has 2 unspecified atom stereocenters. The van der Waals surface area contributed by atoms with E-state index in [1.807, 2.05) is 4.90 Å². The van der Waals surface area contributed by atoms with E-state index in [4.69, 9.17) is 0 Å². The maximum atomic E-state index is 14.8. The predicted octanol–water partition coefficient (Wildman–Crippen LogP) is 4.93. The number of halogens is 4. The van der Waals surface area contributed by atoms with Gasteiger partial charge < -0.3 is 19.7 Å². The fraction of sp³-hybridized carbons (Fsp3) is 0.379. The fourth-order valence-electron chi connectivity index (χ4n) is 5.15. The number of nitrogens with zero attached hydrogens (tertiary/aromatic N) is 4. The van der Waals surface area contributed by atoms with Crippen molar-refractivity contribution < 1.29 is 31.7 Å².